The topological polar surface area (TPSA) is 41.6 Å². The summed E-state index contributed by atoms with van der Waals surface area (Å²) in [5, 5.41) is 0. The Hall–Kier alpha value is -1.03. The van der Waals surface area contributed by atoms with Crippen LogP contribution in [0.1, 0.15) is 33.1 Å². The van der Waals surface area contributed by atoms with Gasteiger partial charge in [-0.15, -0.1) is 0 Å². The van der Waals surface area contributed by atoms with Gasteiger partial charge in [-0.1, -0.05) is 35.8 Å². The maximum absolute atomic E-state index is 6.16. The lowest BCUT2D eigenvalue weighted by Crippen LogP contribution is -2.50. The van der Waals surface area contributed by atoms with Gasteiger partial charge in [0, 0.05) is 10.2 Å². The molecule has 2 aliphatic rings. The molecule has 0 aromatic heterocycles. The molecule has 1 aromatic carbocycles. The molecule has 1 aliphatic carbocycles. The van der Waals surface area contributed by atoms with Gasteiger partial charge < -0.3 is 10.6 Å². The van der Waals surface area contributed by atoms with Gasteiger partial charge in [-0.05, 0) is 42.9 Å². The molecular formula is C15H20BrN3. The van der Waals surface area contributed by atoms with E-state index in [0.29, 0.717) is 11.4 Å². The van der Waals surface area contributed by atoms with E-state index in [2.05, 4.69) is 57.9 Å². The van der Waals surface area contributed by atoms with Crippen molar-refractivity contribution >= 4 is 27.6 Å². The van der Waals surface area contributed by atoms with Crippen molar-refractivity contribution in [1.82, 2.24) is 0 Å². The lowest BCUT2D eigenvalue weighted by molar-refractivity contribution is 0.346. The molecule has 2 N–H and O–H groups in total. The number of hydrogen-bond donors (Lipinski definition) is 1. The first-order valence-corrected chi connectivity index (χ1v) is 7.57. The second-order valence-electron chi connectivity index (χ2n) is 6.56. The Balaban J connectivity index is 2.00. The molecule has 1 aliphatic heterocycles. The first-order valence-electron chi connectivity index (χ1n) is 6.78. The Labute approximate surface area is 123 Å². The van der Waals surface area contributed by atoms with Crippen molar-refractivity contribution in [3.63, 3.8) is 0 Å². The van der Waals surface area contributed by atoms with Crippen LogP contribution in [0.2, 0.25) is 0 Å². The minimum atomic E-state index is 0.0916. The molecule has 1 atom stereocenters. The van der Waals surface area contributed by atoms with Gasteiger partial charge in [0.2, 0.25) is 0 Å². The van der Waals surface area contributed by atoms with Crippen LogP contribution in [-0.4, -0.2) is 18.0 Å². The van der Waals surface area contributed by atoms with E-state index in [1.54, 1.807) is 0 Å². The lowest BCUT2D eigenvalue weighted by Gasteiger charge is -2.37. The molecule has 0 saturated heterocycles. The summed E-state index contributed by atoms with van der Waals surface area (Å²) in [6, 6.07) is 8.34. The smallest absolute Gasteiger partial charge is 0.196 e. The third kappa shape index (κ3) is 2.16. The quantitative estimate of drug-likeness (QED) is 0.859. The molecule has 0 radical (unpaired) electrons. The van der Waals surface area contributed by atoms with Crippen molar-refractivity contribution in [2.75, 3.05) is 11.4 Å². The Morgan fingerprint density at radius 3 is 2.74 bits per heavy atom. The summed E-state index contributed by atoms with van der Waals surface area (Å²) in [7, 11) is 0. The van der Waals surface area contributed by atoms with Gasteiger partial charge in [0.25, 0.3) is 0 Å². The van der Waals surface area contributed by atoms with Gasteiger partial charge in [0.05, 0.1) is 12.1 Å². The molecule has 1 unspecified atom stereocenters. The van der Waals surface area contributed by atoms with E-state index in [0.717, 1.165) is 29.5 Å². The molecule has 1 fully saturated rings. The van der Waals surface area contributed by atoms with Crippen molar-refractivity contribution in [2.24, 2.45) is 16.1 Å². The lowest BCUT2D eigenvalue weighted by atomic mass is 9.87. The molecule has 3 rings (SSSR count). The van der Waals surface area contributed by atoms with Gasteiger partial charge >= 0.3 is 0 Å². The van der Waals surface area contributed by atoms with Crippen molar-refractivity contribution in [3.05, 3.63) is 28.7 Å². The Bertz CT molecular complexity index is 538. The van der Waals surface area contributed by atoms with Gasteiger partial charge in [-0.3, -0.25) is 4.99 Å². The summed E-state index contributed by atoms with van der Waals surface area (Å²) >= 11 is 3.54. The summed E-state index contributed by atoms with van der Waals surface area (Å²) in [6.07, 6.45) is 3.55. The van der Waals surface area contributed by atoms with E-state index in [-0.39, 0.29) is 5.54 Å². The van der Waals surface area contributed by atoms with Crippen LogP contribution in [0.15, 0.2) is 33.7 Å². The summed E-state index contributed by atoms with van der Waals surface area (Å²) in [5.74, 6) is 0.663. The molecule has 19 heavy (non-hydrogen) atoms. The van der Waals surface area contributed by atoms with Crippen LogP contribution in [0.5, 0.6) is 0 Å². The number of nitrogens with two attached hydrogens (primary N) is 1. The number of rotatable bonds is 1. The third-order valence-corrected chi connectivity index (χ3v) is 4.87. The first kappa shape index (κ1) is 13.0. The average Bonchev–Trinajstić information content (AvgIpc) is 2.80. The molecule has 0 bridgehead atoms. The van der Waals surface area contributed by atoms with Crippen molar-refractivity contribution in [1.29, 1.82) is 0 Å². The second-order valence-corrected chi connectivity index (χ2v) is 7.47. The van der Waals surface area contributed by atoms with Crippen LogP contribution < -0.4 is 10.6 Å². The maximum atomic E-state index is 6.16. The predicted octanol–water partition coefficient (Wildman–Crippen LogP) is 3.53. The highest BCUT2D eigenvalue weighted by molar-refractivity contribution is 9.10. The zero-order valence-electron chi connectivity index (χ0n) is 11.5. The third-order valence-electron chi connectivity index (χ3n) is 4.38. The summed E-state index contributed by atoms with van der Waals surface area (Å²) in [4.78, 5) is 6.79. The fourth-order valence-corrected chi connectivity index (χ4v) is 3.99. The Kier molecular flexibility index (Phi) is 2.89. The SMILES string of the molecule is CC1(C)CCC2(CN=C(N)N2c2cccc(Br)c2)C1. The van der Waals surface area contributed by atoms with E-state index in [4.69, 9.17) is 5.73 Å². The first-order chi connectivity index (χ1) is 8.92. The summed E-state index contributed by atoms with van der Waals surface area (Å²) < 4.78 is 1.08. The fourth-order valence-electron chi connectivity index (χ4n) is 3.60. The van der Waals surface area contributed by atoms with Gasteiger partial charge in [0.15, 0.2) is 5.96 Å². The van der Waals surface area contributed by atoms with Crippen LogP contribution in [0.4, 0.5) is 5.69 Å². The predicted molar refractivity (Wildman–Crippen MR) is 83.5 cm³/mol. The van der Waals surface area contributed by atoms with Gasteiger partial charge in [0.1, 0.15) is 0 Å². The number of aliphatic imine (C=N–C) groups is 1. The Morgan fingerprint density at radius 1 is 1.32 bits per heavy atom. The van der Waals surface area contributed by atoms with Crippen LogP contribution in [0.3, 0.4) is 0 Å². The largest absolute Gasteiger partial charge is 0.369 e. The van der Waals surface area contributed by atoms with E-state index in [1.165, 1.54) is 6.42 Å². The number of benzene rings is 1. The minimum absolute atomic E-state index is 0.0916. The summed E-state index contributed by atoms with van der Waals surface area (Å²) in [6.45, 7) is 5.51. The number of hydrogen-bond acceptors (Lipinski definition) is 3. The molecule has 4 heteroatoms. The highest BCUT2D eigenvalue weighted by Gasteiger charge is 2.50. The molecule has 102 valence electrons. The van der Waals surface area contributed by atoms with Crippen molar-refractivity contribution in [3.8, 4) is 0 Å². The molecule has 3 nitrogen and oxygen atoms in total. The molecule has 0 amide bonds. The zero-order chi connectivity index (χ0) is 13.7. The molecular weight excluding hydrogens is 302 g/mol. The normalized spacial score (nSPS) is 29.0. The van der Waals surface area contributed by atoms with Crippen molar-refractivity contribution < 1.29 is 0 Å². The average molecular weight is 322 g/mol. The molecule has 1 spiro atoms. The number of nitrogens with zero attached hydrogens (tertiary/aromatic N) is 2. The van der Waals surface area contributed by atoms with Gasteiger partial charge in [-0.2, -0.15) is 0 Å². The molecule has 1 saturated carbocycles. The monoisotopic (exact) mass is 321 g/mol. The maximum Gasteiger partial charge on any atom is 0.196 e. The van der Waals surface area contributed by atoms with Crippen molar-refractivity contribution in [2.45, 2.75) is 38.6 Å². The van der Waals surface area contributed by atoms with Crippen LogP contribution >= 0.6 is 15.9 Å². The van der Waals surface area contributed by atoms with Gasteiger partial charge in [-0.25, -0.2) is 0 Å². The minimum Gasteiger partial charge on any atom is -0.369 e. The van der Waals surface area contributed by atoms with E-state index >= 15 is 0 Å². The molecule has 1 aromatic rings. The second kappa shape index (κ2) is 4.23. The standard InChI is InChI=1S/C15H20BrN3/c1-14(2)6-7-15(9-14)10-18-13(17)19(15)12-5-3-4-11(16)8-12/h3-5,8H,6-7,9-10H2,1-2H3,(H2,17,18). The highest BCUT2D eigenvalue weighted by Crippen LogP contribution is 2.49. The zero-order valence-corrected chi connectivity index (χ0v) is 13.1. The van der Waals surface area contributed by atoms with Crippen LogP contribution in [0.25, 0.3) is 0 Å². The van der Waals surface area contributed by atoms with Crippen LogP contribution in [0, 0.1) is 5.41 Å². The summed E-state index contributed by atoms with van der Waals surface area (Å²) in [5.41, 5.74) is 7.78. The van der Waals surface area contributed by atoms with Crippen LogP contribution in [-0.2, 0) is 0 Å². The molecule has 1 heterocycles. The highest BCUT2D eigenvalue weighted by atomic mass is 79.9. The number of anilines is 1. The Morgan fingerprint density at radius 2 is 2.11 bits per heavy atom. The number of guanidine groups is 1. The van der Waals surface area contributed by atoms with E-state index in [9.17, 15) is 0 Å². The number of halogens is 1. The fraction of sp³-hybridized carbons (Fsp3) is 0.533. The van der Waals surface area contributed by atoms with E-state index < -0.39 is 0 Å². The van der Waals surface area contributed by atoms with E-state index in [1.807, 2.05) is 6.07 Å².